The van der Waals surface area contributed by atoms with Crippen LogP contribution in [0.4, 0.5) is 17.6 Å². The van der Waals surface area contributed by atoms with Crippen LogP contribution in [0.25, 0.3) is 0 Å². The first kappa shape index (κ1) is 15.2. The number of nitrogens with zero attached hydrogens (tertiary/aromatic N) is 1. The smallest absolute Gasteiger partial charge is 0.462 e. The molecule has 1 heterocycles. The van der Waals surface area contributed by atoms with Crippen LogP contribution in [0.1, 0.15) is 22.8 Å². The van der Waals surface area contributed by atoms with Crippen molar-refractivity contribution in [3.05, 3.63) is 23.3 Å². The van der Waals surface area contributed by atoms with Crippen LogP contribution in [0.3, 0.4) is 0 Å². The number of alkyl halides is 3. The molecule has 0 saturated heterocycles. The highest BCUT2D eigenvalue weighted by molar-refractivity contribution is 5.92. The molecule has 0 spiro atoms. The van der Waals surface area contributed by atoms with Crippen molar-refractivity contribution in [3.8, 4) is 5.75 Å². The van der Waals surface area contributed by atoms with Crippen LogP contribution in [0, 0.1) is 5.95 Å². The predicted molar refractivity (Wildman–Crippen MR) is 54.7 cm³/mol. The Labute approximate surface area is 105 Å². The molecule has 0 aliphatic rings. The maximum absolute atomic E-state index is 13.3. The number of ether oxygens (including phenoxy) is 2. The molecule has 0 unspecified atom stereocenters. The lowest BCUT2D eigenvalue weighted by Crippen LogP contribution is -2.22. The Balaban J connectivity index is 3.34. The molecular weight excluding hydrogens is 272 g/mol. The second-order valence-corrected chi connectivity index (χ2v) is 3.24. The van der Waals surface area contributed by atoms with E-state index in [1.165, 1.54) is 6.92 Å². The minimum Gasteiger partial charge on any atom is -0.462 e. The largest absolute Gasteiger partial charge is 0.573 e. The molecule has 19 heavy (non-hydrogen) atoms. The zero-order valence-electron chi connectivity index (χ0n) is 9.75. The van der Waals surface area contributed by atoms with Gasteiger partial charge in [-0.1, -0.05) is 0 Å². The van der Waals surface area contributed by atoms with E-state index in [9.17, 15) is 22.4 Å². The highest BCUT2D eigenvalue weighted by atomic mass is 19.4. The van der Waals surface area contributed by atoms with Gasteiger partial charge in [-0.25, -0.2) is 9.78 Å². The Morgan fingerprint density at radius 1 is 1.47 bits per heavy atom. The summed E-state index contributed by atoms with van der Waals surface area (Å²) in [4.78, 5) is 14.6. The van der Waals surface area contributed by atoms with Gasteiger partial charge >= 0.3 is 12.3 Å². The zero-order chi connectivity index (χ0) is 14.6. The first-order valence-corrected chi connectivity index (χ1v) is 5.10. The van der Waals surface area contributed by atoms with Crippen molar-refractivity contribution in [2.75, 3.05) is 6.61 Å². The molecule has 1 aromatic rings. The summed E-state index contributed by atoms with van der Waals surface area (Å²) in [5, 5.41) is 0. The SMILES string of the molecule is CCOC(=O)c1cnc(F)c(CN)c1OC(F)(F)F. The van der Waals surface area contributed by atoms with Gasteiger partial charge in [0, 0.05) is 12.7 Å². The van der Waals surface area contributed by atoms with E-state index < -0.39 is 41.7 Å². The molecule has 2 N–H and O–H groups in total. The lowest BCUT2D eigenvalue weighted by Gasteiger charge is -2.15. The lowest BCUT2D eigenvalue weighted by molar-refractivity contribution is -0.275. The van der Waals surface area contributed by atoms with E-state index in [2.05, 4.69) is 14.5 Å². The van der Waals surface area contributed by atoms with E-state index >= 15 is 0 Å². The number of halogens is 4. The second-order valence-electron chi connectivity index (χ2n) is 3.24. The van der Waals surface area contributed by atoms with Gasteiger partial charge in [0.15, 0.2) is 5.75 Å². The number of pyridine rings is 1. The molecule has 5 nitrogen and oxygen atoms in total. The van der Waals surface area contributed by atoms with Crippen molar-refractivity contribution in [2.24, 2.45) is 5.73 Å². The molecule has 0 aliphatic carbocycles. The third-order valence-electron chi connectivity index (χ3n) is 1.99. The number of carbonyl (C=O) groups is 1. The zero-order valence-corrected chi connectivity index (χ0v) is 9.75. The molecular formula is C10H10F4N2O3. The van der Waals surface area contributed by atoms with Gasteiger partial charge in [0.25, 0.3) is 0 Å². The maximum atomic E-state index is 13.3. The molecule has 9 heteroatoms. The molecule has 106 valence electrons. The van der Waals surface area contributed by atoms with Crippen LogP contribution in [0.5, 0.6) is 5.75 Å². The normalized spacial score (nSPS) is 11.3. The van der Waals surface area contributed by atoms with Gasteiger partial charge in [0.1, 0.15) is 5.56 Å². The highest BCUT2D eigenvalue weighted by Gasteiger charge is 2.35. The second kappa shape index (κ2) is 5.83. The summed E-state index contributed by atoms with van der Waals surface area (Å²) in [6.07, 6.45) is -4.49. The molecule has 0 fully saturated rings. The quantitative estimate of drug-likeness (QED) is 0.517. The Morgan fingerprint density at radius 2 is 2.11 bits per heavy atom. The standard InChI is InChI=1S/C10H10F4N2O3/c1-2-18-9(17)6-4-16-8(11)5(3-15)7(6)19-10(12,13)14/h4H,2-3,15H2,1H3. The summed E-state index contributed by atoms with van der Waals surface area (Å²) in [5.41, 5.74) is 3.85. The predicted octanol–water partition coefficient (Wildman–Crippen LogP) is 1.75. The average Bonchev–Trinajstić information content (AvgIpc) is 2.27. The van der Waals surface area contributed by atoms with E-state index in [4.69, 9.17) is 5.73 Å². The van der Waals surface area contributed by atoms with Crippen LogP contribution in [-0.2, 0) is 11.3 Å². The van der Waals surface area contributed by atoms with Crippen molar-refractivity contribution < 1.29 is 31.8 Å². The van der Waals surface area contributed by atoms with Gasteiger partial charge in [0.05, 0.1) is 12.2 Å². The van der Waals surface area contributed by atoms with Gasteiger partial charge in [-0.3, -0.25) is 0 Å². The number of esters is 1. The maximum Gasteiger partial charge on any atom is 0.573 e. The minimum absolute atomic E-state index is 0.0698. The number of hydrogen-bond donors (Lipinski definition) is 1. The first-order valence-electron chi connectivity index (χ1n) is 5.10. The topological polar surface area (TPSA) is 74.4 Å². The van der Waals surface area contributed by atoms with Gasteiger partial charge in [-0.05, 0) is 6.92 Å². The van der Waals surface area contributed by atoms with Crippen molar-refractivity contribution in [1.82, 2.24) is 4.98 Å². The number of hydrogen-bond acceptors (Lipinski definition) is 5. The summed E-state index contributed by atoms with van der Waals surface area (Å²) in [7, 11) is 0. The lowest BCUT2D eigenvalue weighted by atomic mass is 10.1. The fourth-order valence-corrected chi connectivity index (χ4v) is 1.28. The molecule has 0 aromatic carbocycles. The van der Waals surface area contributed by atoms with Crippen LogP contribution >= 0.6 is 0 Å². The van der Waals surface area contributed by atoms with Crippen LogP contribution in [-0.4, -0.2) is 23.9 Å². The van der Waals surface area contributed by atoms with Crippen molar-refractivity contribution in [1.29, 1.82) is 0 Å². The first-order chi connectivity index (χ1) is 8.80. The molecule has 0 bridgehead atoms. The third-order valence-corrected chi connectivity index (χ3v) is 1.99. The van der Waals surface area contributed by atoms with E-state index in [1.54, 1.807) is 0 Å². The fourth-order valence-electron chi connectivity index (χ4n) is 1.28. The summed E-state index contributed by atoms with van der Waals surface area (Å²) in [5.74, 6) is -3.38. The Kier molecular flexibility index (Phi) is 4.65. The molecule has 0 saturated carbocycles. The summed E-state index contributed by atoms with van der Waals surface area (Å²) < 4.78 is 58.2. The summed E-state index contributed by atoms with van der Waals surface area (Å²) in [6.45, 7) is 0.778. The Morgan fingerprint density at radius 3 is 2.58 bits per heavy atom. The molecule has 0 amide bonds. The monoisotopic (exact) mass is 282 g/mol. The highest BCUT2D eigenvalue weighted by Crippen LogP contribution is 2.31. The Bertz CT molecular complexity index is 477. The molecule has 1 aromatic heterocycles. The van der Waals surface area contributed by atoms with Gasteiger partial charge in [0.2, 0.25) is 5.95 Å². The number of nitrogens with two attached hydrogens (primary N) is 1. The summed E-state index contributed by atoms with van der Waals surface area (Å²) >= 11 is 0. The molecule has 0 aliphatic heterocycles. The number of rotatable bonds is 4. The van der Waals surface area contributed by atoms with Gasteiger partial charge in [-0.2, -0.15) is 4.39 Å². The van der Waals surface area contributed by atoms with Crippen molar-refractivity contribution >= 4 is 5.97 Å². The summed E-state index contributed by atoms with van der Waals surface area (Å²) in [6, 6.07) is 0. The van der Waals surface area contributed by atoms with E-state index in [-0.39, 0.29) is 6.61 Å². The van der Waals surface area contributed by atoms with Crippen molar-refractivity contribution in [2.45, 2.75) is 19.8 Å². The molecule has 0 atom stereocenters. The Hall–Kier alpha value is -1.90. The molecule has 0 radical (unpaired) electrons. The minimum atomic E-state index is -5.10. The van der Waals surface area contributed by atoms with E-state index in [0.29, 0.717) is 6.20 Å². The van der Waals surface area contributed by atoms with Crippen LogP contribution in [0.15, 0.2) is 6.20 Å². The van der Waals surface area contributed by atoms with E-state index in [0.717, 1.165) is 0 Å². The van der Waals surface area contributed by atoms with Crippen molar-refractivity contribution in [3.63, 3.8) is 0 Å². The van der Waals surface area contributed by atoms with Crippen LogP contribution in [0.2, 0.25) is 0 Å². The number of aromatic nitrogens is 1. The van der Waals surface area contributed by atoms with E-state index in [1.807, 2.05) is 0 Å². The van der Waals surface area contributed by atoms with Gasteiger partial charge < -0.3 is 15.2 Å². The third kappa shape index (κ3) is 3.78. The number of carbonyl (C=O) groups excluding carboxylic acids is 1. The fraction of sp³-hybridized carbons (Fsp3) is 0.400. The molecule has 1 rings (SSSR count). The van der Waals surface area contributed by atoms with Gasteiger partial charge in [-0.15, -0.1) is 13.2 Å². The average molecular weight is 282 g/mol. The van der Waals surface area contributed by atoms with Crippen LogP contribution < -0.4 is 10.5 Å².